The summed E-state index contributed by atoms with van der Waals surface area (Å²) in [6.07, 6.45) is 2.18. The third kappa shape index (κ3) is 10.00. The van der Waals surface area contributed by atoms with Gasteiger partial charge in [-0.3, -0.25) is 13.9 Å². The molecule has 0 aromatic heterocycles. The summed E-state index contributed by atoms with van der Waals surface area (Å²) in [4.78, 5) is 27.2. The van der Waals surface area contributed by atoms with Crippen LogP contribution in [0.2, 0.25) is 0 Å². The van der Waals surface area contributed by atoms with E-state index in [1.54, 1.807) is 0 Å². The molecule has 0 fully saturated rings. The van der Waals surface area contributed by atoms with Crippen LogP contribution in [0.25, 0.3) is 0 Å². The van der Waals surface area contributed by atoms with Gasteiger partial charge < -0.3 is 21.1 Å². The maximum Gasteiger partial charge on any atom is 0.251 e. The number of carbonyl (C=O) groups excluding carboxylic acids is 2. The van der Waals surface area contributed by atoms with Gasteiger partial charge in [0.2, 0.25) is 10.0 Å². The van der Waals surface area contributed by atoms with Crippen molar-refractivity contribution in [2.45, 2.75) is 37.9 Å². The summed E-state index contributed by atoms with van der Waals surface area (Å²) in [7, 11) is -2.30. The number of hydrogen-bond donors (Lipinski definition) is 4. The van der Waals surface area contributed by atoms with Gasteiger partial charge >= 0.3 is 0 Å². The first-order valence-corrected chi connectivity index (χ1v) is 17.1. The normalized spacial score (nSPS) is 13.3. The molecule has 10 heteroatoms. The number of sulfonamides is 1. The van der Waals surface area contributed by atoms with Gasteiger partial charge in [0.15, 0.2) is 0 Å². The Hall–Kier alpha value is -4.51. The Morgan fingerprint density at radius 3 is 1.72 bits per heavy atom. The van der Waals surface area contributed by atoms with Crippen molar-refractivity contribution in [1.29, 1.82) is 0 Å². The molecule has 0 aliphatic carbocycles. The molecule has 4 aromatic carbocycles. The minimum Gasteiger partial charge on any atom is -0.395 e. The Morgan fingerprint density at radius 1 is 0.739 bits per heavy atom. The van der Waals surface area contributed by atoms with Crippen LogP contribution in [0.4, 0.5) is 5.69 Å². The van der Waals surface area contributed by atoms with E-state index in [9.17, 15) is 23.1 Å². The molecule has 0 bridgehead atoms. The van der Waals surface area contributed by atoms with Crippen LogP contribution in [-0.4, -0.2) is 63.9 Å². The topological polar surface area (TPSA) is 128 Å². The van der Waals surface area contributed by atoms with Gasteiger partial charge in [-0.25, -0.2) is 8.42 Å². The van der Waals surface area contributed by atoms with Gasteiger partial charge in [0, 0.05) is 36.8 Å². The molecule has 0 spiro atoms. The van der Waals surface area contributed by atoms with Crippen molar-refractivity contribution < 1.29 is 23.1 Å². The van der Waals surface area contributed by atoms with Crippen molar-refractivity contribution in [3.63, 3.8) is 0 Å². The number of nitrogens with zero attached hydrogens (tertiary/aromatic N) is 1. The summed E-state index contributed by atoms with van der Waals surface area (Å²) >= 11 is 0. The number of carbonyl (C=O) groups is 2. The predicted octanol–water partition coefficient (Wildman–Crippen LogP) is 4.11. The van der Waals surface area contributed by atoms with E-state index in [-0.39, 0.29) is 41.5 Å². The molecule has 0 saturated heterocycles. The summed E-state index contributed by atoms with van der Waals surface area (Å²) in [5.41, 5.74) is 3.49. The third-order valence-corrected chi connectivity index (χ3v) is 9.01. The zero-order valence-electron chi connectivity index (χ0n) is 26.4. The van der Waals surface area contributed by atoms with Gasteiger partial charge in [-0.15, -0.1) is 0 Å². The minimum absolute atomic E-state index is 0.0827. The maximum atomic E-state index is 13.8. The van der Waals surface area contributed by atoms with Crippen molar-refractivity contribution in [3.8, 4) is 0 Å². The number of aliphatic hydroxyl groups excluding tert-OH is 1. The summed E-state index contributed by atoms with van der Waals surface area (Å²) in [6, 6.07) is 32.5. The Balaban J connectivity index is 1.58. The standard InChI is InChI=1S/C36H42N4O5S/c1-26(29-17-11-6-12-18-29)38-35(42)30-21-31(23-34(22-30)40(2)46(3,44)45)36(43)39-32(19-27-13-7-4-8-14-27)24-37-33(25-41)20-28-15-9-5-10-16-28/h4-18,21-23,26,32-33,37,41H,19-20,24-25H2,1-3H3,(H,38,42)(H,39,43)/t26-,32?,33?/m1/s1. The summed E-state index contributed by atoms with van der Waals surface area (Å²) in [5.74, 6) is -0.899. The number of anilines is 1. The molecule has 4 N–H and O–H groups in total. The lowest BCUT2D eigenvalue weighted by Gasteiger charge is -2.24. The smallest absolute Gasteiger partial charge is 0.251 e. The predicted molar refractivity (Wildman–Crippen MR) is 182 cm³/mol. The number of aliphatic hydroxyl groups is 1. The maximum absolute atomic E-state index is 13.8. The fourth-order valence-electron chi connectivity index (χ4n) is 5.10. The Bertz CT molecular complexity index is 1690. The average molecular weight is 643 g/mol. The first-order chi connectivity index (χ1) is 22.0. The molecular weight excluding hydrogens is 600 g/mol. The van der Waals surface area contributed by atoms with Crippen LogP contribution >= 0.6 is 0 Å². The van der Waals surface area contributed by atoms with E-state index in [0.29, 0.717) is 19.4 Å². The lowest BCUT2D eigenvalue weighted by Crippen LogP contribution is -2.47. The van der Waals surface area contributed by atoms with Crippen LogP contribution in [0, 0.1) is 0 Å². The first-order valence-electron chi connectivity index (χ1n) is 15.2. The molecule has 9 nitrogen and oxygen atoms in total. The monoisotopic (exact) mass is 642 g/mol. The van der Waals surface area contributed by atoms with Gasteiger partial charge in [-0.1, -0.05) is 91.0 Å². The largest absolute Gasteiger partial charge is 0.395 e. The summed E-state index contributed by atoms with van der Waals surface area (Å²) in [5, 5.41) is 19.5. The van der Waals surface area contributed by atoms with Crippen molar-refractivity contribution in [2.24, 2.45) is 0 Å². The van der Waals surface area contributed by atoms with Crippen molar-refractivity contribution in [2.75, 3.05) is 30.8 Å². The van der Waals surface area contributed by atoms with E-state index >= 15 is 0 Å². The summed E-state index contributed by atoms with van der Waals surface area (Å²) in [6.45, 7) is 2.14. The average Bonchev–Trinajstić information content (AvgIpc) is 3.06. The fourth-order valence-corrected chi connectivity index (χ4v) is 5.59. The van der Waals surface area contributed by atoms with E-state index < -0.39 is 21.8 Å². The fraction of sp³-hybridized carbons (Fsp3) is 0.278. The van der Waals surface area contributed by atoms with Crippen LogP contribution in [0.5, 0.6) is 0 Å². The minimum atomic E-state index is -3.68. The number of amides is 2. The molecular formula is C36H42N4O5S. The first kappa shape index (κ1) is 34.4. The molecule has 4 aromatic rings. The van der Waals surface area contributed by atoms with Gasteiger partial charge in [0.05, 0.1) is 24.6 Å². The molecule has 0 aliphatic heterocycles. The molecule has 242 valence electrons. The highest BCUT2D eigenvalue weighted by molar-refractivity contribution is 7.92. The highest BCUT2D eigenvalue weighted by atomic mass is 32.2. The van der Waals surface area contributed by atoms with Crippen molar-refractivity contribution in [3.05, 3.63) is 137 Å². The highest BCUT2D eigenvalue weighted by Crippen LogP contribution is 2.22. The lowest BCUT2D eigenvalue weighted by atomic mass is 10.0. The lowest BCUT2D eigenvalue weighted by molar-refractivity contribution is 0.0934. The molecule has 0 saturated carbocycles. The van der Waals surface area contributed by atoms with Gasteiger partial charge in [0.25, 0.3) is 11.8 Å². The molecule has 0 heterocycles. The van der Waals surface area contributed by atoms with Crippen LogP contribution in [0.1, 0.15) is 50.4 Å². The van der Waals surface area contributed by atoms with Crippen LogP contribution in [0.15, 0.2) is 109 Å². The Morgan fingerprint density at radius 2 is 1.22 bits per heavy atom. The quantitative estimate of drug-likeness (QED) is 0.155. The third-order valence-electron chi connectivity index (χ3n) is 7.81. The van der Waals surface area contributed by atoms with E-state index in [1.807, 2.05) is 97.9 Å². The van der Waals surface area contributed by atoms with Gasteiger partial charge in [-0.05, 0) is 54.7 Å². The number of benzene rings is 4. The molecule has 2 amide bonds. The molecule has 2 unspecified atom stereocenters. The molecule has 4 rings (SSSR count). The zero-order chi connectivity index (χ0) is 33.1. The zero-order valence-corrected chi connectivity index (χ0v) is 27.2. The molecule has 0 radical (unpaired) electrons. The Labute approximate surface area is 271 Å². The number of hydrogen-bond acceptors (Lipinski definition) is 6. The van der Waals surface area contributed by atoms with E-state index in [4.69, 9.17) is 0 Å². The molecule has 46 heavy (non-hydrogen) atoms. The second kappa shape index (κ2) is 16.2. The number of rotatable bonds is 15. The molecule has 0 aliphatic rings. The second-order valence-electron chi connectivity index (χ2n) is 11.4. The van der Waals surface area contributed by atoms with Gasteiger partial charge in [0.1, 0.15) is 0 Å². The number of nitrogens with one attached hydrogen (secondary N) is 3. The van der Waals surface area contributed by atoms with Crippen LogP contribution < -0.4 is 20.3 Å². The van der Waals surface area contributed by atoms with Gasteiger partial charge in [-0.2, -0.15) is 0 Å². The van der Waals surface area contributed by atoms with Crippen LogP contribution in [0.3, 0.4) is 0 Å². The summed E-state index contributed by atoms with van der Waals surface area (Å²) < 4.78 is 25.9. The molecule has 3 atom stereocenters. The van der Waals surface area contributed by atoms with E-state index in [1.165, 1.54) is 25.2 Å². The van der Waals surface area contributed by atoms with Crippen LogP contribution in [-0.2, 0) is 22.9 Å². The highest BCUT2D eigenvalue weighted by Gasteiger charge is 2.22. The SMILES string of the molecule is C[C@@H](NC(=O)c1cc(C(=O)NC(CNC(CO)Cc2ccccc2)Cc2ccccc2)cc(N(C)S(C)(=O)=O)c1)c1ccccc1. The van der Waals surface area contributed by atoms with Crippen molar-refractivity contribution >= 4 is 27.5 Å². The van der Waals surface area contributed by atoms with E-state index in [0.717, 1.165) is 27.3 Å². The second-order valence-corrected chi connectivity index (χ2v) is 13.5. The Kier molecular flexibility index (Phi) is 12.1. The van der Waals surface area contributed by atoms with Crippen molar-refractivity contribution in [1.82, 2.24) is 16.0 Å². The van der Waals surface area contributed by atoms with E-state index in [2.05, 4.69) is 16.0 Å².